The maximum absolute atomic E-state index is 13.6. The van der Waals surface area contributed by atoms with Crippen molar-refractivity contribution < 1.29 is 18.6 Å². The van der Waals surface area contributed by atoms with Crippen LogP contribution in [0.5, 0.6) is 0 Å². The Balaban J connectivity index is 2.29. The molecule has 2 unspecified atom stereocenters. The Morgan fingerprint density at radius 3 is 2.81 bits per heavy atom. The van der Waals surface area contributed by atoms with E-state index in [1.807, 2.05) is 0 Å². The van der Waals surface area contributed by atoms with Crippen molar-refractivity contribution >= 4 is 11.6 Å². The summed E-state index contributed by atoms with van der Waals surface area (Å²) in [4.78, 5) is 0. The van der Waals surface area contributed by atoms with E-state index in [1.54, 1.807) is 0 Å². The minimum atomic E-state index is -0.805. The zero-order chi connectivity index (χ0) is 11.7. The van der Waals surface area contributed by atoms with Gasteiger partial charge in [0.05, 0.1) is 12.2 Å². The van der Waals surface area contributed by atoms with Gasteiger partial charge in [0, 0.05) is 18.6 Å². The molecule has 1 saturated heterocycles. The number of aliphatic hydroxyl groups is 1. The fourth-order valence-corrected chi connectivity index (χ4v) is 1.96. The Hall–Kier alpha value is -0.710. The first-order valence-electron chi connectivity index (χ1n) is 5.02. The minimum Gasteiger partial charge on any atom is -0.393 e. The molecule has 1 fully saturated rings. The van der Waals surface area contributed by atoms with Gasteiger partial charge < -0.3 is 9.84 Å². The molecule has 0 saturated carbocycles. The van der Waals surface area contributed by atoms with Crippen molar-refractivity contribution in [3.05, 3.63) is 34.4 Å². The molecule has 0 spiro atoms. The Morgan fingerprint density at radius 1 is 1.38 bits per heavy atom. The molecule has 0 aromatic heterocycles. The number of hydrogen-bond acceptors (Lipinski definition) is 2. The number of hydrogen-bond donors (Lipinski definition) is 1. The highest BCUT2D eigenvalue weighted by atomic mass is 35.5. The Labute approximate surface area is 96.8 Å². The molecular weight excluding hydrogens is 238 g/mol. The van der Waals surface area contributed by atoms with Crippen LogP contribution in [0, 0.1) is 11.6 Å². The maximum atomic E-state index is 13.6. The summed E-state index contributed by atoms with van der Waals surface area (Å²) in [5, 5.41) is 8.92. The van der Waals surface area contributed by atoms with Crippen molar-refractivity contribution in [1.29, 1.82) is 0 Å². The average molecular weight is 249 g/mol. The van der Waals surface area contributed by atoms with E-state index in [9.17, 15) is 13.9 Å². The quantitative estimate of drug-likeness (QED) is 0.775. The van der Waals surface area contributed by atoms with Crippen LogP contribution in [-0.2, 0) is 4.74 Å². The molecule has 2 nitrogen and oxygen atoms in total. The smallest absolute Gasteiger partial charge is 0.150 e. The normalized spacial score (nSPS) is 25.8. The van der Waals surface area contributed by atoms with Gasteiger partial charge in [-0.1, -0.05) is 17.7 Å². The van der Waals surface area contributed by atoms with E-state index in [4.69, 9.17) is 16.3 Å². The fraction of sp³-hybridized carbons (Fsp3) is 0.455. The number of benzene rings is 1. The summed E-state index contributed by atoms with van der Waals surface area (Å²) in [6.07, 6.45) is -0.227. The first-order chi connectivity index (χ1) is 7.59. The molecule has 1 heterocycles. The number of aliphatic hydroxyl groups excluding tert-OH is 1. The maximum Gasteiger partial charge on any atom is 0.150 e. The topological polar surface area (TPSA) is 29.5 Å². The van der Waals surface area contributed by atoms with E-state index in [0.717, 1.165) is 6.07 Å². The SMILES string of the molecule is OC1CCOC(c2ccc(F)c(Cl)c2F)C1. The monoisotopic (exact) mass is 248 g/mol. The molecule has 1 aromatic rings. The molecular formula is C11H11ClF2O2. The fourth-order valence-electron chi connectivity index (χ4n) is 1.79. The zero-order valence-electron chi connectivity index (χ0n) is 8.42. The third-order valence-corrected chi connectivity index (χ3v) is 3.01. The van der Waals surface area contributed by atoms with Gasteiger partial charge in [-0.25, -0.2) is 8.78 Å². The van der Waals surface area contributed by atoms with Gasteiger partial charge in [-0.05, 0) is 12.5 Å². The van der Waals surface area contributed by atoms with Crippen LogP contribution < -0.4 is 0 Å². The number of ether oxygens (including phenoxy) is 1. The molecule has 0 bridgehead atoms. The van der Waals surface area contributed by atoms with Crippen LogP contribution >= 0.6 is 11.6 Å². The summed E-state index contributed by atoms with van der Waals surface area (Å²) in [6.45, 7) is 0.361. The van der Waals surface area contributed by atoms with Gasteiger partial charge in [0.15, 0.2) is 5.82 Å². The van der Waals surface area contributed by atoms with Gasteiger partial charge in [-0.2, -0.15) is 0 Å². The van der Waals surface area contributed by atoms with Crippen LogP contribution in [-0.4, -0.2) is 17.8 Å². The molecule has 2 atom stereocenters. The number of rotatable bonds is 1. The van der Waals surface area contributed by atoms with E-state index in [-0.39, 0.29) is 5.56 Å². The highest BCUT2D eigenvalue weighted by Gasteiger charge is 2.26. The van der Waals surface area contributed by atoms with E-state index < -0.39 is 28.9 Å². The summed E-state index contributed by atoms with van der Waals surface area (Å²) < 4.78 is 31.9. The largest absolute Gasteiger partial charge is 0.393 e. The molecule has 1 aliphatic heterocycles. The van der Waals surface area contributed by atoms with Crippen LogP contribution in [0.2, 0.25) is 5.02 Å². The molecule has 0 radical (unpaired) electrons. The number of halogens is 3. The standard InChI is InChI=1S/C11H11ClF2O2/c12-10-8(13)2-1-7(11(10)14)9-5-6(15)3-4-16-9/h1-2,6,9,15H,3-5H2. The lowest BCUT2D eigenvalue weighted by atomic mass is 9.99. The lowest BCUT2D eigenvalue weighted by molar-refractivity contribution is -0.0461. The predicted octanol–water partition coefficient (Wildman–Crippen LogP) is 2.83. The molecule has 0 amide bonds. The predicted molar refractivity (Wildman–Crippen MR) is 55.3 cm³/mol. The molecule has 0 aliphatic carbocycles. The van der Waals surface area contributed by atoms with Crippen molar-refractivity contribution in [3.63, 3.8) is 0 Å². The molecule has 2 rings (SSSR count). The van der Waals surface area contributed by atoms with Crippen LogP contribution in [0.3, 0.4) is 0 Å². The van der Waals surface area contributed by atoms with Crippen molar-refractivity contribution in [2.24, 2.45) is 0 Å². The van der Waals surface area contributed by atoms with Crippen molar-refractivity contribution in [2.75, 3.05) is 6.61 Å². The Kier molecular flexibility index (Phi) is 3.42. The van der Waals surface area contributed by atoms with E-state index in [1.165, 1.54) is 6.07 Å². The first-order valence-corrected chi connectivity index (χ1v) is 5.40. The average Bonchev–Trinajstić information content (AvgIpc) is 2.26. The van der Waals surface area contributed by atoms with Crippen LogP contribution in [0.15, 0.2) is 12.1 Å². The van der Waals surface area contributed by atoms with E-state index in [0.29, 0.717) is 19.4 Å². The molecule has 16 heavy (non-hydrogen) atoms. The highest BCUT2D eigenvalue weighted by molar-refractivity contribution is 6.30. The summed E-state index contributed by atoms with van der Waals surface area (Å²) in [7, 11) is 0. The van der Waals surface area contributed by atoms with Crippen molar-refractivity contribution in [3.8, 4) is 0 Å². The molecule has 1 N–H and O–H groups in total. The Bertz CT molecular complexity index is 398. The van der Waals surface area contributed by atoms with Gasteiger partial charge in [-0.15, -0.1) is 0 Å². The van der Waals surface area contributed by atoms with Gasteiger partial charge in [0.25, 0.3) is 0 Å². The second-order valence-electron chi connectivity index (χ2n) is 3.80. The summed E-state index contributed by atoms with van der Waals surface area (Å²) in [5.74, 6) is -1.60. The lowest BCUT2D eigenvalue weighted by Crippen LogP contribution is -2.24. The summed E-state index contributed by atoms with van der Waals surface area (Å²) in [5.41, 5.74) is 0.199. The second-order valence-corrected chi connectivity index (χ2v) is 4.18. The first kappa shape index (κ1) is 11.8. The van der Waals surface area contributed by atoms with Gasteiger partial charge >= 0.3 is 0 Å². The van der Waals surface area contributed by atoms with Gasteiger partial charge in [-0.3, -0.25) is 0 Å². The third kappa shape index (κ3) is 2.19. The summed E-state index contributed by atoms with van der Waals surface area (Å²) in [6, 6.07) is 2.41. The van der Waals surface area contributed by atoms with E-state index >= 15 is 0 Å². The molecule has 1 aromatic carbocycles. The van der Waals surface area contributed by atoms with Gasteiger partial charge in [0.1, 0.15) is 10.8 Å². The van der Waals surface area contributed by atoms with E-state index in [2.05, 4.69) is 0 Å². The zero-order valence-corrected chi connectivity index (χ0v) is 9.18. The van der Waals surface area contributed by atoms with Crippen LogP contribution in [0.4, 0.5) is 8.78 Å². The minimum absolute atomic E-state index is 0.199. The molecule has 5 heteroatoms. The molecule has 88 valence electrons. The van der Waals surface area contributed by atoms with Crippen LogP contribution in [0.25, 0.3) is 0 Å². The van der Waals surface area contributed by atoms with Crippen LogP contribution in [0.1, 0.15) is 24.5 Å². The molecule has 1 aliphatic rings. The third-order valence-electron chi connectivity index (χ3n) is 2.67. The second kappa shape index (κ2) is 4.65. The summed E-state index contributed by atoms with van der Waals surface area (Å²) >= 11 is 5.47. The van der Waals surface area contributed by atoms with Crippen molar-refractivity contribution in [1.82, 2.24) is 0 Å². The Morgan fingerprint density at radius 2 is 2.12 bits per heavy atom. The lowest BCUT2D eigenvalue weighted by Gasteiger charge is -2.27. The van der Waals surface area contributed by atoms with Crippen molar-refractivity contribution in [2.45, 2.75) is 25.0 Å². The van der Waals surface area contributed by atoms with Gasteiger partial charge in [0.2, 0.25) is 0 Å². The highest BCUT2D eigenvalue weighted by Crippen LogP contribution is 2.33.